The van der Waals surface area contributed by atoms with E-state index in [0.29, 0.717) is 11.6 Å². The molecule has 0 unspecified atom stereocenters. The minimum atomic E-state index is 0.701. The van der Waals surface area contributed by atoms with Crippen LogP contribution in [0.4, 0.5) is 0 Å². The fraction of sp³-hybridized carbons (Fsp3) is 0. The molecular formula is C60H38N4S. The van der Waals surface area contributed by atoms with E-state index >= 15 is 0 Å². The second kappa shape index (κ2) is 16.5. The van der Waals surface area contributed by atoms with Crippen LogP contribution in [0.15, 0.2) is 240 Å². The fourth-order valence-corrected chi connectivity index (χ4v) is 9.44. The number of aromatic nitrogens is 4. The zero-order chi connectivity index (χ0) is 43.1. The molecule has 0 fully saturated rings. The highest BCUT2D eigenvalue weighted by Crippen LogP contribution is 2.36. The van der Waals surface area contributed by atoms with Gasteiger partial charge in [0.05, 0.1) is 22.8 Å². The van der Waals surface area contributed by atoms with Crippen molar-refractivity contribution in [3.63, 3.8) is 0 Å². The maximum atomic E-state index is 5.17. The number of fused-ring (bicyclic) bond motifs is 4. The number of rotatable bonds is 8. The Morgan fingerprint density at radius 1 is 0.215 bits per heavy atom. The smallest absolute Gasteiger partial charge is 0.160 e. The number of benzene rings is 10. The van der Waals surface area contributed by atoms with Crippen LogP contribution in [0.1, 0.15) is 0 Å². The summed E-state index contributed by atoms with van der Waals surface area (Å²) in [6, 6.07) is 81.3. The lowest BCUT2D eigenvalue weighted by atomic mass is 10.0. The molecule has 0 radical (unpaired) electrons. The van der Waals surface area contributed by atoms with Crippen molar-refractivity contribution >= 4 is 54.9 Å². The van der Waals surface area contributed by atoms with Crippen molar-refractivity contribution in [2.24, 2.45) is 0 Å². The Bertz CT molecular complexity index is 3310. The molecule has 0 aliphatic rings. The van der Waals surface area contributed by atoms with Gasteiger partial charge in [-0.25, -0.2) is 19.9 Å². The van der Waals surface area contributed by atoms with E-state index in [2.05, 4.69) is 231 Å². The molecule has 0 aliphatic carbocycles. The van der Waals surface area contributed by atoms with E-state index in [1.54, 1.807) is 11.8 Å². The first-order valence-corrected chi connectivity index (χ1v) is 22.6. The summed E-state index contributed by atoms with van der Waals surface area (Å²) in [6.07, 6.45) is 0. The average Bonchev–Trinajstić information content (AvgIpc) is 3.38. The Morgan fingerprint density at radius 3 is 0.815 bits per heavy atom. The van der Waals surface area contributed by atoms with Crippen LogP contribution < -0.4 is 0 Å². The number of nitrogens with zero attached hydrogens (tertiary/aromatic N) is 4. The van der Waals surface area contributed by atoms with Gasteiger partial charge in [0, 0.05) is 43.2 Å². The zero-order valence-corrected chi connectivity index (χ0v) is 36.0. The lowest BCUT2D eigenvalue weighted by Crippen LogP contribution is -1.96. The summed E-state index contributed by atoms with van der Waals surface area (Å²) in [5, 5.41) is 9.47. The van der Waals surface area contributed by atoms with Gasteiger partial charge in [-0.15, -0.1) is 0 Å². The molecule has 304 valence electrons. The Hall–Kier alpha value is -8.25. The summed E-state index contributed by atoms with van der Waals surface area (Å²) >= 11 is 1.73. The van der Waals surface area contributed by atoms with E-state index in [1.165, 1.54) is 32.3 Å². The maximum absolute atomic E-state index is 5.17. The molecule has 2 heterocycles. The standard InChI is InChI=1S/C60H38N4S/c1-5-13-45-33-49(21-17-39(45)9-1)57-37-55(61-59(63-57)51-23-19-41-11-3-7-15-47(41)35-51)43-25-29-53(30-26-43)65-54-31-27-44(28-32-54)56-38-58(50-22-18-40-10-2-6-14-46(40)34-50)64-60(62-56)52-24-20-42-12-4-8-16-48(42)36-52/h1-38H. The molecule has 65 heavy (non-hydrogen) atoms. The van der Waals surface area contributed by atoms with E-state index < -0.39 is 0 Å². The first-order chi connectivity index (χ1) is 32.1. The fourth-order valence-electron chi connectivity index (χ4n) is 8.62. The highest BCUT2D eigenvalue weighted by Gasteiger charge is 2.15. The third-order valence-electron chi connectivity index (χ3n) is 12.1. The summed E-state index contributed by atoms with van der Waals surface area (Å²) in [7, 11) is 0. The lowest BCUT2D eigenvalue weighted by molar-refractivity contribution is 1.18. The molecule has 0 amide bonds. The molecule has 0 saturated heterocycles. The van der Waals surface area contributed by atoms with Crippen LogP contribution in [0, 0.1) is 0 Å². The SMILES string of the molecule is c1ccc2cc(-c3cc(-c4ccc(Sc5ccc(-c6cc(-c7ccc8ccccc8c7)nc(-c7ccc8ccccc8c7)n6)cc5)cc4)nc(-c4ccc5ccccc5c4)n3)ccc2c1. The average molecular weight is 847 g/mol. The molecule has 4 nitrogen and oxygen atoms in total. The minimum Gasteiger partial charge on any atom is -0.228 e. The zero-order valence-electron chi connectivity index (χ0n) is 35.1. The molecule has 0 N–H and O–H groups in total. The predicted octanol–water partition coefficient (Wildman–Crippen LogP) is 16.0. The minimum absolute atomic E-state index is 0.701. The van der Waals surface area contributed by atoms with Crippen LogP contribution in [0.5, 0.6) is 0 Å². The molecule has 0 bridgehead atoms. The van der Waals surface area contributed by atoms with Crippen molar-refractivity contribution in [2.75, 3.05) is 0 Å². The summed E-state index contributed by atoms with van der Waals surface area (Å²) in [5.74, 6) is 1.40. The second-order valence-electron chi connectivity index (χ2n) is 16.3. The molecule has 2 aromatic heterocycles. The summed E-state index contributed by atoms with van der Waals surface area (Å²) in [4.78, 5) is 22.9. The first kappa shape index (κ1) is 38.4. The second-order valence-corrected chi connectivity index (χ2v) is 17.5. The van der Waals surface area contributed by atoms with Crippen molar-refractivity contribution in [1.82, 2.24) is 19.9 Å². The molecule has 10 aromatic carbocycles. The van der Waals surface area contributed by atoms with Crippen LogP contribution in [0.3, 0.4) is 0 Å². The molecular weight excluding hydrogens is 809 g/mol. The van der Waals surface area contributed by atoms with Crippen molar-refractivity contribution in [2.45, 2.75) is 9.79 Å². The number of hydrogen-bond acceptors (Lipinski definition) is 5. The van der Waals surface area contributed by atoms with Crippen molar-refractivity contribution in [1.29, 1.82) is 0 Å². The van der Waals surface area contributed by atoms with Gasteiger partial charge in [-0.3, -0.25) is 0 Å². The van der Waals surface area contributed by atoms with Gasteiger partial charge in [-0.1, -0.05) is 182 Å². The molecule has 12 rings (SSSR count). The summed E-state index contributed by atoms with van der Waals surface area (Å²) < 4.78 is 0. The van der Waals surface area contributed by atoms with E-state index in [-0.39, 0.29) is 0 Å². The van der Waals surface area contributed by atoms with Gasteiger partial charge < -0.3 is 0 Å². The van der Waals surface area contributed by atoms with Crippen LogP contribution in [-0.2, 0) is 0 Å². The van der Waals surface area contributed by atoms with Gasteiger partial charge in [0.15, 0.2) is 11.6 Å². The quantitative estimate of drug-likeness (QED) is 0.152. The van der Waals surface area contributed by atoms with E-state index in [0.717, 1.165) is 76.7 Å². The third-order valence-corrected chi connectivity index (χ3v) is 13.1. The Kier molecular flexibility index (Phi) is 9.73. The van der Waals surface area contributed by atoms with Gasteiger partial charge in [0.25, 0.3) is 0 Å². The van der Waals surface area contributed by atoms with Crippen LogP contribution in [-0.4, -0.2) is 19.9 Å². The normalized spacial score (nSPS) is 11.4. The molecule has 5 heteroatoms. The largest absolute Gasteiger partial charge is 0.228 e. The van der Waals surface area contributed by atoms with Gasteiger partial charge in [0.2, 0.25) is 0 Å². The molecule has 12 aromatic rings. The highest BCUT2D eigenvalue weighted by atomic mass is 32.2. The van der Waals surface area contributed by atoms with Crippen molar-refractivity contribution in [3.05, 3.63) is 231 Å². The third kappa shape index (κ3) is 7.79. The van der Waals surface area contributed by atoms with E-state index in [9.17, 15) is 0 Å². The van der Waals surface area contributed by atoms with E-state index in [1.807, 2.05) is 0 Å². The van der Waals surface area contributed by atoms with Gasteiger partial charge >= 0.3 is 0 Å². The van der Waals surface area contributed by atoms with Crippen LogP contribution in [0.25, 0.3) is 111 Å². The predicted molar refractivity (Wildman–Crippen MR) is 271 cm³/mol. The molecule has 0 spiro atoms. The monoisotopic (exact) mass is 846 g/mol. The Morgan fingerprint density at radius 2 is 0.477 bits per heavy atom. The maximum Gasteiger partial charge on any atom is 0.160 e. The Balaban J connectivity index is 0.854. The molecule has 0 aliphatic heterocycles. The van der Waals surface area contributed by atoms with Crippen molar-refractivity contribution < 1.29 is 0 Å². The highest BCUT2D eigenvalue weighted by molar-refractivity contribution is 7.99. The van der Waals surface area contributed by atoms with Gasteiger partial charge in [-0.05, 0) is 104 Å². The van der Waals surface area contributed by atoms with E-state index in [4.69, 9.17) is 19.9 Å². The summed E-state index contributed by atoms with van der Waals surface area (Å²) in [5.41, 5.74) is 9.68. The van der Waals surface area contributed by atoms with Crippen LogP contribution >= 0.6 is 11.8 Å². The van der Waals surface area contributed by atoms with Crippen molar-refractivity contribution in [3.8, 4) is 67.8 Å². The topological polar surface area (TPSA) is 51.6 Å². The number of hydrogen-bond donors (Lipinski definition) is 0. The Labute approximate surface area is 381 Å². The molecule has 0 atom stereocenters. The summed E-state index contributed by atoms with van der Waals surface area (Å²) in [6.45, 7) is 0. The van der Waals surface area contributed by atoms with Gasteiger partial charge in [0.1, 0.15) is 0 Å². The first-order valence-electron chi connectivity index (χ1n) is 21.8. The van der Waals surface area contributed by atoms with Gasteiger partial charge in [-0.2, -0.15) is 0 Å². The van der Waals surface area contributed by atoms with Crippen LogP contribution in [0.2, 0.25) is 0 Å². The molecule has 0 saturated carbocycles. The lowest BCUT2D eigenvalue weighted by Gasteiger charge is -2.12.